The number of methoxy groups -OCH3 is 1. The molecule has 126 valence electrons. The van der Waals surface area contributed by atoms with E-state index in [-0.39, 0.29) is 17.7 Å². The molecule has 0 saturated heterocycles. The molecule has 0 heterocycles. The van der Waals surface area contributed by atoms with Crippen LogP contribution in [-0.4, -0.2) is 30.2 Å². The number of rotatable bonds is 4. The van der Waals surface area contributed by atoms with Crippen molar-refractivity contribution >= 4 is 29.3 Å². The summed E-state index contributed by atoms with van der Waals surface area (Å²) >= 11 is 0. The Kier molecular flexibility index (Phi) is 4.24. The first-order valence-electron chi connectivity index (χ1n) is 7.66. The molecule has 0 unspecified atom stereocenters. The average Bonchev–Trinajstić information content (AvgIpc) is 3.17. The number of aliphatic carboxylic acids is 1. The first-order chi connectivity index (χ1) is 11.5. The molecule has 0 aromatic heterocycles. The molecule has 4 atom stereocenters. The Labute approximate surface area is 138 Å². The molecule has 7 nitrogen and oxygen atoms in total. The topological polar surface area (TPSA) is 105 Å². The number of nitrogens with one attached hydrogen (secondary N) is 2. The van der Waals surface area contributed by atoms with Crippen molar-refractivity contribution in [3.63, 3.8) is 0 Å². The van der Waals surface area contributed by atoms with Gasteiger partial charge in [-0.15, -0.1) is 0 Å². The number of ether oxygens (including phenoxy) is 1. The van der Waals surface area contributed by atoms with Crippen molar-refractivity contribution < 1.29 is 24.2 Å². The van der Waals surface area contributed by atoms with E-state index in [0.29, 0.717) is 11.4 Å². The van der Waals surface area contributed by atoms with Gasteiger partial charge in [0, 0.05) is 11.4 Å². The molecular weight excluding hydrogens is 312 g/mol. The van der Waals surface area contributed by atoms with Crippen LogP contribution in [0.25, 0.3) is 0 Å². The fourth-order valence-corrected chi connectivity index (χ4v) is 3.55. The zero-order valence-electron chi connectivity index (χ0n) is 13.1. The Hall–Kier alpha value is -2.83. The van der Waals surface area contributed by atoms with Gasteiger partial charge < -0.3 is 15.2 Å². The van der Waals surface area contributed by atoms with Crippen molar-refractivity contribution in [1.29, 1.82) is 0 Å². The molecule has 1 fully saturated rings. The third-order valence-corrected chi connectivity index (χ3v) is 4.63. The smallest absolute Gasteiger partial charge is 0.411 e. The number of hydrogen-bond acceptors (Lipinski definition) is 4. The highest BCUT2D eigenvalue weighted by Crippen LogP contribution is 2.48. The summed E-state index contributed by atoms with van der Waals surface area (Å²) in [6, 6.07) is 6.54. The lowest BCUT2D eigenvalue weighted by atomic mass is 9.82. The summed E-state index contributed by atoms with van der Waals surface area (Å²) in [5.41, 5.74) is 1.08. The quantitative estimate of drug-likeness (QED) is 0.735. The lowest BCUT2D eigenvalue weighted by Crippen LogP contribution is -2.36. The van der Waals surface area contributed by atoms with Crippen LogP contribution in [0.3, 0.4) is 0 Å². The summed E-state index contributed by atoms with van der Waals surface area (Å²) in [7, 11) is 1.27. The van der Waals surface area contributed by atoms with Crippen molar-refractivity contribution in [3.8, 4) is 0 Å². The molecule has 0 radical (unpaired) electrons. The number of hydrogen-bond donors (Lipinski definition) is 3. The summed E-state index contributed by atoms with van der Waals surface area (Å²) in [6.45, 7) is 0. The van der Waals surface area contributed by atoms with E-state index in [1.54, 1.807) is 24.3 Å². The molecule has 1 aromatic carbocycles. The van der Waals surface area contributed by atoms with Gasteiger partial charge in [-0.25, -0.2) is 4.79 Å². The molecule has 2 bridgehead atoms. The fourth-order valence-electron chi connectivity index (χ4n) is 3.55. The summed E-state index contributed by atoms with van der Waals surface area (Å²) in [5, 5.41) is 14.7. The molecule has 2 aliphatic rings. The molecule has 2 amide bonds. The number of carboxylic acids is 1. The van der Waals surface area contributed by atoms with Crippen LogP contribution in [0.5, 0.6) is 0 Å². The number of carbonyl (C=O) groups is 3. The van der Waals surface area contributed by atoms with Crippen LogP contribution in [0, 0.1) is 23.7 Å². The Balaban J connectivity index is 1.67. The number of carbonyl (C=O) groups excluding carboxylic acids is 2. The van der Waals surface area contributed by atoms with Gasteiger partial charge in [0.05, 0.1) is 18.9 Å². The summed E-state index contributed by atoms with van der Waals surface area (Å²) < 4.78 is 4.50. The van der Waals surface area contributed by atoms with Gasteiger partial charge in [0.1, 0.15) is 0 Å². The zero-order valence-corrected chi connectivity index (χ0v) is 13.1. The van der Waals surface area contributed by atoms with Gasteiger partial charge in [-0.3, -0.25) is 14.9 Å². The van der Waals surface area contributed by atoms with Crippen LogP contribution in [0.15, 0.2) is 36.4 Å². The van der Waals surface area contributed by atoms with Crippen LogP contribution >= 0.6 is 0 Å². The second kappa shape index (κ2) is 6.35. The minimum Gasteiger partial charge on any atom is -0.481 e. The van der Waals surface area contributed by atoms with E-state index < -0.39 is 23.9 Å². The van der Waals surface area contributed by atoms with Crippen molar-refractivity contribution in [2.24, 2.45) is 23.7 Å². The third-order valence-electron chi connectivity index (χ3n) is 4.63. The van der Waals surface area contributed by atoms with E-state index in [9.17, 15) is 19.5 Å². The number of allylic oxidation sites excluding steroid dienone is 2. The molecule has 2 aliphatic carbocycles. The number of benzene rings is 1. The van der Waals surface area contributed by atoms with Gasteiger partial charge in [-0.05, 0) is 42.5 Å². The first kappa shape index (κ1) is 16.0. The third kappa shape index (κ3) is 2.97. The van der Waals surface area contributed by atoms with Crippen molar-refractivity contribution in [3.05, 3.63) is 36.4 Å². The Bertz CT molecular complexity index is 697. The maximum atomic E-state index is 12.5. The summed E-state index contributed by atoms with van der Waals surface area (Å²) in [4.78, 5) is 35.1. The van der Waals surface area contributed by atoms with Crippen LogP contribution < -0.4 is 10.6 Å². The highest BCUT2D eigenvalue weighted by atomic mass is 16.5. The lowest BCUT2D eigenvalue weighted by molar-refractivity contribution is -0.146. The predicted molar refractivity (Wildman–Crippen MR) is 86.5 cm³/mol. The average molecular weight is 330 g/mol. The van der Waals surface area contributed by atoms with Gasteiger partial charge >= 0.3 is 12.1 Å². The summed E-state index contributed by atoms with van der Waals surface area (Å²) in [6.07, 6.45) is 3.99. The van der Waals surface area contributed by atoms with E-state index in [1.165, 1.54) is 7.11 Å². The molecule has 0 spiro atoms. The highest BCUT2D eigenvalue weighted by Gasteiger charge is 2.51. The minimum atomic E-state index is -0.926. The van der Waals surface area contributed by atoms with Crippen molar-refractivity contribution in [1.82, 2.24) is 0 Å². The molecule has 1 aromatic rings. The van der Waals surface area contributed by atoms with Gasteiger partial charge in [0.2, 0.25) is 5.91 Å². The number of fused-ring (bicyclic) bond motifs is 2. The Morgan fingerprint density at radius 2 is 1.54 bits per heavy atom. The predicted octanol–water partition coefficient (Wildman–Crippen LogP) is 2.33. The van der Waals surface area contributed by atoms with E-state index >= 15 is 0 Å². The van der Waals surface area contributed by atoms with Crippen molar-refractivity contribution in [2.45, 2.75) is 6.42 Å². The number of amides is 2. The van der Waals surface area contributed by atoms with Crippen LogP contribution in [0.2, 0.25) is 0 Å². The van der Waals surface area contributed by atoms with E-state index in [1.807, 2.05) is 12.2 Å². The SMILES string of the molecule is COC(=O)Nc1ccc(NC(=O)[C@H]2[C@@H](C(=O)O)[C@H]3C=C[C@H]2C3)cc1. The largest absolute Gasteiger partial charge is 0.481 e. The normalized spacial score (nSPS) is 26.9. The van der Waals surface area contributed by atoms with Crippen molar-refractivity contribution in [2.75, 3.05) is 17.7 Å². The van der Waals surface area contributed by atoms with E-state index in [0.717, 1.165) is 6.42 Å². The molecule has 1 saturated carbocycles. The lowest BCUT2D eigenvalue weighted by Gasteiger charge is -2.23. The second-order valence-corrected chi connectivity index (χ2v) is 6.02. The van der Waals surface area contributed by atoms with Gasteiger partial charge in [-0.2, -0.15) is 0 Å². The summed E-state index contributed by atoms with van der Waals surface area (Å²) in [5.74, 6) is -2.51. The Morgan fingerprint density at radius 1 is 1.00 bits per heavy atom. The van der Waals surface area contributed by atoms with E-state index in [2.05, 4.69) is 15.4 Å². The zero-order chi connectivity index (χ0) is 17.3. The van der Waals surface area contributed by atoms with Crippen LogP contribution in [-0.2, 0) is 14.3 Å². The van der Waals surface area contributed by atoms with Gasteiger partial charge in [0.25, 0.3) is 0 Å². The van der Waals surface area contributed by atoms with Gasteiger partial charge in [0.15, 0.2) is 0 Å². The minimum absolute atomic E-state index is 0.0173. The number of carboxylic acid groups (broad SMARTS) is 1. The molecule has 24 heavy (non-hydrogen) atoms. The molecular formula is C17H18N2O5. The van der Waals surface area contributed by atoms with E-state index in [4.69, 9.17) is 0 Å². The van der Waals surface area contributed by atoms with Crippen LogP contribution in [0.1, 0.15) is 6.42 Å². The molecule has 7 heteroatoms. The standard InChI is InChI=1S/C17H18N2O5/c1-24-17(23)19-12-6-4-11(5-7-12)18-15(20)13-9-2-3-10(8-9)14(13)16(21)22/h2-7,9-10,13-14H,8H2,1H3,(H,18,20)(H,19,23)(H,21,22)/t9-,10-,13+,14-/m0/s1. The van der Waals surface area contributed by atoms with Crippen LogP contribution in [0.4, 0.5) is 16.2 Å². The fraction of sp³-hybridized carbons (Fsp3) is 0.353. The Morgan fingerprint density at radius 3 is 2.08 bits per heavy atom. The molecule has 0 aliphatic heterocycles. The highest BCUT2D eigenvalue weighted by molar-refractivity contribution is 5.96. The molecule has 3 N–H and O–H groups in total. The maximum Gasteiger partial charge on any atom is 0.411 e. The molecule has 3 rings (SSSR count). The van der Waals surface area contributed by atoms with Gasteiger partial charge in [-0.1, -0.05) is 12.2 Å². The maximum absolute atomic E-state index is 12.5. The number of anilines is 2. The second-order valence-electron chi connectivity index (χ2n) is 6.02. The monoisotopic (exact) mass is 330 g/mol. The first-order valence-corrected chi connectivity index (χ1v) is 7.66.